The van der Waals surface area contributed by atoms with Crippen molar-refractivity contribution >= 4 is 5.91 Å². The summed E-state index contributed by atoms with van der Waals surface area (Å²) in [6.07, 6.45) is 0.106. The molecule has 1 aromatic rings. The molecule has 5 nitrogen and oxygen atoms in total. The van der Waals surface area contributed by atoms with E-state index in [-0.39, 0.29) is 19.1 Å². The lowest BCUT2D eigenvalue weighted by Gasteiger charge is -2.10. The number of carbonyl (C=O) groups excluding carboxylic acids is 1. The Hall–Kier alpha value is -1.75. The number of aliphatic hydroxyl groups is 1. The second-order valence-corrected chi connectivity index (χ2v) is 4.06. The quantitative estimate of drug-likeness (QED) is 0.746. The van der Waals surface area contributed by atoms with Crippen molar-refractivity contribution in [3.63, 3.8) is 0 Å². The van der Waals surface area contributed by atoms with Crippen molar-refractivity contribution in [1.82, 2.24) is 5.32 Å². The zero-order chi connectivity index (χ0) is 14.1. The van der Waals surface area contributed by atoms with Crippen LogP contribution in [0.25, 0.3) is 0 Å². The van der Waals surface area contributed by atoms with Crippen molar-refractivity contribution < 1.29 is 19.4 Å². The smallest absolute Gasteiger partial charge is 0.258 e. The Kier molecular flexibility index (Phi) is 6.74. The van der Waals surface area contributed by atoms with Gasteiger partial charge >= 0.3 is 0 Å². The third kappa shape index (κ3) is 6.10. The molecule has 0 heterocycles. The first-order valence-corrected chi connectivity index (χ1v) is 6.46. The number of carbonyl (C=O) groups is 1. The zero-order valence-corrected chi connectivity index (χ0v) is 11.4. The van der Waals surface area contributed by atoms with Crippen LogP contribution in [0.2, 0.25) is 0 Å². The van der Waals surface area contributed by atoms with Gasteiger partial charge in [-0.3, -0.25) is 4.79 Å². The average molecular weight is 267 g/mol. The van der Waals surface area contributed by atoms with E-state index < -0.39 is 6.10 Å². The monoisotopic (exact) mass is 267 g/mol. The molecule has 0 aliphatic carbocycles. The molecular weight excluding hydrogens is 246 g/mol. The summed E-state index contributed by atoms with van der Waals surface area (Å²) in [4.78, 5) is 11.4. The van der Waals surface area contributed by atoms with Gasteiger partial charge in [0, 0.05) is 6.54 Å². The fourth-order valence-electron chi connectivity index (χ4n) is 1.37. The van der Waals surface area contributed by atoms with Crippen LogP contribution >= 0.6 is 0 Å². The number of amides is 1. The van der Waals surface area contributed by atoms with Crippen LogP contribution in [-0.4, -0.2) is 36.9 Å². The second-order valence-electron chi connectivity index (χ2n) is 4.06. The Morgan fingerprint density at radius 1 is 1.21 bits per heavy atom. The lowest BCUT2D eigenvalue weighted by molar-refractivity contribution is -0.123. The molecule has 0 saturated carbocycles. The predicted molar refractivity (Wildman–Crippen MR) is 72.4 cm³/mol. The van der Waals surface area contributed by atoms with Crippen molar-refractivity contribution in [2.45, 2.75) is 26.4 Å². The van der Waals surface area contributed by atoms with Gasteiger partial charge in [0.25, 0.3) is 5.91 Å². The highest BCUT2D eigenvalue weighted by atomic mass is 16.5. The lowest BCUT2D eigenvalue weighted by Crippen LogP contribution is -2.35. The number of rotatable bonds is 8. The summed E-state index contributed by atoms with van der Waals surface area (Å²) in [5, 5.41) is 11.9. The predicted octanol–water partition coefficient (Wildman–Crippen LogP) is 1.35. The summed E-state index contributed by atoms with van der Waals surface area (Å²) in [5.74, 6) is 1.13. The van der Waals surface area contributed by atoms with Gasteiger partial charge in [0.05, 0.1) is 12.7 Å². The minimum atomic E-state index is -0.505. The van der Waals surface area contributed by atoms with Crippen molar-refractivity contribution in [1.29, 1.82) is 0 Å². The average Bonchev–Trinajstić information content (AvgIpc) is 2.44. The number of hydrogen-bond acceptors (Lipinski definition) is 4. The Morgan fingerprint density at radius 3 is 2.32 bits per heavy atom. The third-order valence-corrected chi connectivity index (χ3v) is 2.51. The van der Waals surface area contributed by atoms with Gasteiger partial charge in [-0.2, -0.15) is 0 Å². The van der Waals surface area contributed by atoms with Crippen molar-refractivity contribution in [3.8, 4) is 11.5 Å². The molecule has 0 radical (unpaired) electrons. The maximum Gasteiger partial charge on any atom is 0.258 e. The molecule has 0 aliphatic heterocycles. The molecule has 1 aromatic carbocycles. The molecule has 0 fully saturated rings. The van der Waals surface area contributed by atoms with Crippen molar-refractivity contribution in [2.24, 2.45) is 0 Å². The first-order chi connectivity index (χ1) is 9.15. The molecule has 0 bridgehead atoms. The molecule has 19 heavy (non-hydrogen) atoms. The van der Waals surface area contributed by atoms with E-state index in [1.807, 2.05) is 13.8 Å². The van der Waals surface area contributed by atoms with Crippen LogP contribution in [0.15, 0.2) is 24.3 Å². The van der Waals surface area contributed by atoms with Crippen LogP contribution in [0.1, 0.15) is 20.3 Å². The second kappa shape index (κ2) is 8.37. The molecule has 1 rings (SSSR count). The van der Waals surface area contributed by atoms with E-state index in [0.717, 1.165) is 5.75 Å². The fraction of sp³-hybridized carbons (Fsp3) is 0.500. The van der Waals surface area contributed by atoms with Crippen LogP contribution in [-0.2, 0) is 4.79 Å². The van der Waals surface area contributed by atoms with Gasteiger partial charge in [0.15, 0.2) is 6.61 Å². The van der Waals surface area contributed by atoms with E-state index in [4.69, 9.17) is 9.47 Å². The number of nitrogens with one attached hydrogen (secondary N) is 1. The molecule has 2 N–H and O–H groups in total. The molecule has 5 heteroatoms. The van der Waals surface area contributed by atoms with Gasteiger partial charge < -0.3 is 19.9 Å². The summed E-state index contributed by atoms with van der Waals surface area (Å²) in [6, 6.07) is 7.08. The highest BCUT2D eigenvalue weighted by molar-refractivity contribution is 5.77. The molecule has 0 aromatic heterocycles. The Balaban J connectivity index is 2.29. The van der Waals surface area contributed by atoms with E-state index in [0.29, 0.717) is 18.8 Å². The number of ether oxygens (including phenoxy) is 2. The van der Waals surface area contributed by atoms with Gasteiger partial charge in [-0.15, -0.1) is 0 Å². The number of benzene rings is 1. The minimum Gasteiger partial charge on any atom is -0.494 e. The zero-order valence-electron chi connectivity index (χ0n) is 11.4. The van der Waals surface area contributed by atoms with Crippen LogP contribution in [0.5, 0.6) is 11.5 Å². The Morgan fingerprint density at radius 2 is 1.79 bits per heavy atom. The van der Waals surface area contributed by atoms with Crippen LogP contribution < -0.4 is 14.8 Å². The number of hydrogen-bond donors (Lipinski definition) is 2. The van der Waals surface area contributed by atoms with E-state index in [1.165, 1.54) is 0 Å². The maximum absolute atomic E-state index is 11.4. The van der Waals surface area contributed by atoms with Crippen molar-refractivity contribution in [3.05, 3.63) is 24.3 Å². The topological polar surface area (TPSA) is 67.8 Å². The lowest BCUT2D eigenvalue weighted by atomic mass is 10.3. The highest BCUT2D eigenvalue weighted by Crippen LogP contribution is 2.17. The van der Waals surface area contributed by atoms with Gasteiger partial charge in [0.2, 0.25) is 0 Å². The highest BCUT2D eigenvalue weighted by Gasteiger charge is 2.05. The molecule has 1 atom stereocenters. The molecule has 1 unspecified atom stereocenters. The van der Waals surface area contributed by atoms with E-state index in [9.17, 15) is 9.90 Å². The Labute approximate surface area is 113 Å². The SMILES string of the molecule is CCOc1ccc(OCC(=O)NCC(O)CC)cc1. The molecule has 0 aliphatic rings. The normalized spacial score (nSPS) is 11.7. The van der Waals surface area contributed by atoms with Crippen LogP contribution in [0.3, 0.4) is 0 Å². The van der Waals surface area contributed by atoms with E-state index in [1.54, 1.807) is 24.3 Å². The molecule has 0 saturated heterocycles. The largest absolute Gasteiger partial charge is 0.494 e. The fourth-order valence-corrected chi connectivity index (χ4v) is 1.37. The summed E-state index contributed by atoms with van der Waals surface area (Å²) >= 11 is 0. The first-order valence-electron chi connectivity index (χ1n) is 6.46. The summed E-state index contributed by atoms with van der Waals surface area (Å²) in [6.45, 7) is 4.57. The third-order valence-electron chi connectivity index (χ3n) is 2.51. The van der Waals surface area contributed by atoms with Gasteiger partial charge in [-0.05, 0) is 37.6 Å². The molecule has 1 amide bonds. The molecule has 106 valence electrons. The Bertz CT molecular complexity index is 378. The maximum atomic E-state index is 11.4. The molecule has 0 spiro atoms. The summed E-state index contributed by atoms with van der Waals surface area (Å²) in [5.41, 5.74) is 0. The van der Waals surface area contributed by atoms with Crippen LogP contribution in [0.4, 0.5) is 0 Å². The van der Waals surface area contributed by atoms with Gasteiger partial charge in [0.1, 0.15) is 11.5 Å². The van der Waals surface area contributed by atoms with Crippen LogP contribution in [0, 0.1) is 0 Å². The van der Waals surface area contributed by atoms with E-state index >= 15 is 0 Å². The van der Waals surface area contributed by atoms with Gasteiger partial charge in [-0.25, -0.2) is 0 Å². The molecular formula is C14H21NO4. The minimum absolute atomic E-state index is 0.0651. The van der Waals surface area contributed by atoms with Crippen molar-refractivity contribution in [2.75, 3.05) is 19.8 Å². The van der Waals surface area contributed by atoms with Gasteiger partial charge in [-0.1, -0.05) is 6.92 Å². The number of aliphatic hydroxyl groups excluding tert-OH is 1. The standard InChI is InChI=1S/C14H21NO4/c1-3-11(16)9-15-14(17)10-19-13-7-5-12(6-8-13)18-4-2/h5-8,11,16H,3-4,9-10H2,1-2H3,(H,15,17). The summed E-state index contributed by atoms with van der Waals surface area (Å²) < 4.78 is 10.6. The summed E-state index contributed by atoms with van der Waals surface area (Å²) in [7, 11) is 0. The first kappa shape index (κ1) is 15.3. The van der Waals surface area contributed by atoms with E-state index in [2.05, 4.69) is 5.32 Å².